The van der Waals surface area contributed by atoms with Gasteiger partial charge in [-0.3, -0.25) is 0 Å². The highest BCUT2D eigenvalue weighted by atomic mass is 16.5. The maximum atomic E-state index is 10.9. The summed E-state index contributed by atoms with van der Waals surface area (Å²) in [6.45, 7) is 5.84. The van der Waals surface area contributed by atoms with E-state index in [9.17, 15) is 4.79 Å². The number of carbonyl (C=O) groups is 1. The predicted molar refractivity (Wildman–Crippen MR) is 69.6 cm³/mol. The molecule has 0 fully saturated rings. The smallest absolute Gasteiger partial charge is 0.331 e. The minimum atomic E-state index is -0.470. The van der Waals surface area contributed by atoms with Crippen LogP contribution in [0, 0.1) is 11.8 Å². The quantitative estimate of drug-likeness (QED) is 0.345. The van der Waals surface area contributed by atoms with Crippen LogP contribution in [0.5, 0.6) is 0 Å². The number of hydrogen-bond acceptors (Lipinski definition) is 3. The van der Waals surface area contributed by atoms with E-state index in [1.165, 1.54) is 0 Å². The lowest BCUT2D eigenvalue weighted by Gasteiger charge is -2.03. The number of hydrogen-bond donors (Lipinski definition) is 0. The molecule has 1 atom stereocenters. The zero-order valence-corrected chi connectivity index (χ0v) is 10.4. The number of benzene rings is 1. The minimum absolute atomic E-state index is 0.310. The van der Waals surface area contributed by atoms with Gasteiger partial charge in [0.2, 0.25) is 0 Å². The van der Waals surface area contributed by atoms with Crippen molar-refractivity contribution in [1.82, 2.24) is 0 Å². The van der Waals surface area contributed by atoms with Crippen molar-refractivity contribution in [3.63, 3.8) is 0 Å². The Balaban J connectivity index is 2.22. The van der Waals surface area contributed by atoms with Crippen LogP contribution >= 0.6 is 0 Å². The molecular formula is C15H16O3. The lowest BCUT2D eigenvalue weighted by molar-refractivity contribution is -0.139. The fraction of sp³-hybridized carbons (Fsp3) is 0.267. The molecule has 94 valence electrons. The normalized spacial score (nSPS) is 10.9. The zero-order valence-electron chi connectivity index (χ0n) is 10.4. The average molecular weight is 244 g/mol. The predicted octanol–water partition coefficient (Wildman–Crippen LogP) is 2.32. The van der Waals surface area contributed by atoms with E-state index in [0.717, 1.165) is 11.6 Å². The monoisotopic (exact) mass is 244 g/mol. The van der Waals surface area contributed by atoms with Crippen LogP contribution < -0.4 is 0 Å². The Hall–Kier alpha value is -2.05. The molecule has 0 aliphatic rings. The van der Waals surface area contributed by atoms with E-state index in [2.05, 4.69) is 18.4 Å². The second-order valence-corrected chi connectivity index (χ2v) is 3.58. The molecule has 0 saturated heterocycles. The molecule has 0 saturated carbocycles. The molecule has 3 heteroatoms. The van der Waals surface area contributed by atoms with Gasteiger partial charge in [-0.25, -0.2) is 4.79 Å². The van der Waals surface area contributed by atoms with Crippen molar-refractivity contribution < 1.29 is 14.3 Å². The summed E-state index contributed by atoms with van der Waals surface area (Å²) in [6.07, 6.45) is 0.667. The number of rotatable bonds is 5. The third kappa shape index (κ3) is 5.88. The maximum absolute atomic E-state index is 10.9. The molecule has 1 aromatic carbocycles. The van der Waals surface area contributed by atoms with Crippen molar-refractivity contribution in [1.29, 1.82) is 0 Å². The summed E-state index contributed by atoms with van der Waals surface area (Å²) in [5.41, 5.74) is 1.10. The summed E-state index contributed by atoms with van der Waals surface area (Å²) in [6, 6.07) is 9.85. The lowest BCUT2D eigenvalue weighted by atomic mass is 10.2. The van der Waals surface area contributed by atoms with Crippen molar-refractivity contribution in [3.05, 3.63) is 48.6 Å². The Bertz CT molecular complexity index is 440. The van der Waals surface area contributed by atoms with Crippen LogP contribution in [0.15, 0.2) is 43.0 Å². The second kappa shape index (κ2) is 8.10. The lowest BCUT2D eigenvalue weighted by Crippen LogP contribution is -2.10. The molecule has 0 heterocycles. The molecule has 0 N–H and O–H groups in total. The first kappa shape index (κ1) is 14.0. The Morgan fingerprint density at radius 2 is 2.17 bits per heavy atom. The van der Waals surface area contributed by atoms with Gasteiger partial charge in [0.05, 0.1) is 6.61 Å². The molecule has 0 spiro atoms. The van der Waals surface area contributed by atoms with Crippen LogP contribution in [-0.2, 0) is 20.9 Å². The van der Waals surface area contributed by atoms with Crippen LogP contribution in [0.3, 0.4) is 0 Å². The largest absolute Gasteiger partial charge is 0.446 e. The molecule has 0 aliphatic heterocycles. The molecule has 3 nitrogen and oxygen atoms in total. The summed E-state index contributed by atoms with van der Waals surface area (Å²) in [4.78, 5) is 10.9. The van der Waals surface area contributed by atoms with Gasteiger partial charge in [0, 0.05) is 6.08 Å². The first-order valence-electron chi connectivity index (χ1n) is 5.65. The number of esters is 1. The zero-order chi connectivity index (χ0) is 13.2. The fourth-order valence-corrected chi connectivity index (χ4v) is 1.23. The van der Waals surface area contributed by atoms with Gasteiger partial charge in [-0.05, 0) is 12.5 Å². The van der Waals surface area contributed by atoms with Gasteiger partial charge in [-0.15, -0.1) is 0 Å². The van der Waals surface area contributed by atoms with E-state index in [1.54, 1.807) is 6.92 Å². The van der Waals surface area contributed by atoms with E-state index < -0.39 is 12.1 Å². The first-order chi connectivity index (χ1) is 8.72. The van der Waals surface area contributed by atoms with Gasteiger partial charge in [-0.2, -0.15) is 0 Å². The summed E-state index contributed by atoms with van der Waals surface area (Å²) >= 11 is 0. The topological polar surface area (TPSA) is 35.5 Å². The molecule has 1 aromatic rings. The number of ether oxygens (including phenoxy) is 2. The van der Waals surface area contributed by atoms with Crippen LogP contribution in [0.2, 0.25) is 0 Å². The van der Waals surface area contributed by atoms with Gasteiger partial charge in [0.1, 0.15) is 6.61 Å². The molecule has 0 amide bonds. The van der Waals surface area contributed by atoms with Gasteiger partial charge in [0.15, 0.2) is 6.10 Å². The second-order valence-electron chi connectivity index (χ2n) is 3.58. The fourth-order valence-electron chi connectivity index (χ4n) is 1.23. The summed E-state index contributed by atoms with van der Waals surface area (Å²) in [5, 5.41) is 0. The Morgan fingerprint density at radius 3 is 2.83 bits per heavy atom. The van der Waals surface area contributed by atoms with Crippen LogP contribution in [0.4, 0.5) is 0 Å². The molecule has 0 bridgehead atoms. The van der Waals surface area contributed by atoms with Crippen molar-refractivity contribution in [2.75, 3.05) is 6.61 Å². The van der Waals surface area contributed by atoms with Crippen molar-refractivity contribution in [2.24, 2.45) is 0 Å². The minimum Gasteiger partial charge on any atom is -0.446 e. The van der Waals surface area contributed by atoms with Gasteiger partial charge in [-0.1, -0.05) is 48.8 Å². The highest BCUT2D eigenvalue weighted by molar-refractivity contribution is 5.81. The highest BCUT2D eigenvalue weighted by Gasteiger charge is 2.00. The number of carbonyl (C=O) groups excluding carboxylic acids is 1. The third-order valence-electron chi connectivity index (χ3n) is 2.05. The maximum Gasteiger partial charge on any atom is 0.331 e. The Labute approximate surface area is 107 Å². The molecule has 0 aliphatic carbocycles. The molecular weight excluding hydrogens is 228 g/mol. The van der Waals surface area contributed by atoms with Crippen molar-refractivity contribution in [3.8, 4) is 11.8 Å². The third-order valence-corrected chi connectivity index (χ3v) is 2.05. The van der Waals surface area contributed by atoms with Gasteiger partial charge < -0.3 is 9.47 Å². The summed E-state index contributed by atoms with van der Waals surface area (Å²) < 4.78 is 10.2. The molecule has 1 rings (SSSR count). The van der Waals surface area contributed by atoms with Gasteiger partial charge >= 0.3 is 5.97 Å². The summed E-state index contributed by atoms with van der Waals surface area (Å²) in [7, 11) is 0. The van der Waals surface area contributed by atoms with Crippen LogP contribution in [-0.4, -0.2) is 18.7 Å². The van der Waals surface area contributed by atoms with Crippen LogP contribution in [0.25, 0.3) is 0 Å². The van der Waals surface area contributed by atoms with E-state index in [1.807, 2.05) is 30.3 Å². The van der Waals surface area contributed by atoms with E-state index >= 15 is 0 Å². The molecule has 18 heavy (non-hydrogen) atoms. The van der Waals surface area contributed by atoms with E-state index in [0.29, 0.717) is 13.2 Å². The van der Waals surface area contributed by atoms with Crippen LogP contribution in [0.1, 0.15) is 12.5 Å². The van der Waals surface area contributed by atoms with E-state index in [-0.39, 0.29) is 0 Å². The average Bonchev–Trinajstić information content (AvgIpc) is 2.39. The first-order valence-corrected chi connectivity index (χ1v) is 5.65. The van der Waals surface area contributed by atoms with E-state index in [4.69, 9.17) is 9.47 Å². The van der Waals surface area contributed by atoms with Gasteiger partial charge in [0.25, 0.3) is 0 Å². The van der Waals surface area contributed by atoms with Crippen molar-refractivity contribution in [2.45, 2.75) is 19.6 Å². The molecule has 0 unspecified atom stereocenters. The van der Waals surface area contributed by atoms with Crippen molar-refractivity contribution >= 4 is 5.97 Å². The Morgan fingerprint density at radius 1 is 1.44 bits per heavy atom. The molecule has 0 radical (unpaired) electrons. The standard InChI is InChI=1S/C15H16O3/c1-3-15(16)18-13(2)8-7-11-17-12-14-9-5-4-6-10-14/h3-6,9-10,13H,1,11-12H2,2H3/t13-/m1/s1. The Kier molecular flexibility index (Phi) is 6.31. The summed E-state index contributed by atoms with van der Waals surface area (Å²) in [5.74, 6) is 5.10. The SMILES string of the molecule is C=CC(=O)O[C@H](C)C#CCOCc1ccccc1. The highest BCUT2D eigenvalue weighted by Crippen LogP contribution is 1.99. The molecule has 0 aromatic heterocycles.